The van der Waals surface area contributed by atoms with Gasteiger partial charge in [0.15, 0.2) is 11.6 Å². The number of esters is 1. The van der Waals surface area contributed by atoms with Crippen molar-refractivity contribution in [1.29, 1.82) is 0 Å². The van der Waals surface area contributed by atoms with Crippen molar-refractivity contribution in [2.45, 2.75) is 57.7 Å². The van der Waals surface area contributed by atoms with Gasteiger partial charge in [-0.3, -0.25) is 9.59 Å². The second-order valence-electron chi connectivity index (χ2n) is 14.0. The fourth-order valence-corrected chi connectivity index (χ4v) is 6.69. The fraction of sp³-hybridized carbons (Fsp3) is 0.217. The average molecular weight is 831 g/mol. The van der Waals surface area contributed by atoms with Crippen LogP contribution in [0.4, 0.5) is 26.3 Å². The minimum atomic E-state index is -4.98. The van der Waals surface area contributed by atoms with E-state index in [2.05, 4.69) is 4.74 Å². The number of carbonyl (C=O) groups is 4. The molecule has 0 saturated heterocycles. The molecule has 5 aromatic rings. The molecular formula is C46H36F6O8. The quantitative estimate of drug-likeness (QED) is 0.0887. The number of fused-ring (bicyclic) bond motifs is 2. The summed E-state index contributed by atoms with van der Waals surface area (Å²) in [6.07, 6.45) is -5.96. The highest BCUT2D eigenvalue weighted by Gasteiger charge is 2.37. The SMILES string of the molecule is COC(=O)c1ccc(COc2ccc3c(c2)CCCC3=O)cc1.O=C(O)c1ccc(COc2ccc3c(c2)CC/C(=C\c2cc(C(F)(F)F)cc(C(F)(F)F)c2)C3=O)cc1. The van der Waals surface area contributed by atoms with Gasteiger partial charge in [0.25, 0.3) is 0 Å². The number of hydrogen-bond donors (Lipinski definition) is 1. The van der Waals surface area contributed by atoms with Crippen molar-refractivity contribution in [2.24, 2.45) is 0 Å². The lowest BCUT2D eigenvalue weighted by Crippen LogP contribution is -2.15. The molecule has 0 atom stereocenters. The molecule has 0 aromatic heterocycles. The number of rotatable bonds is 9. The van der Waals surface area contributed by atoms with Crippen LogP contribution in [-0.2, 0) is 43.1 Å². The van der Waals surface area contributed by atoms with Crippen LogP contribution in [0.25, 0.3) is 6.08 Å². The third-order valence-corrected chi connectivity index (χ3v) is 9.84. The number of halogens is 6. The number of alkyl halides is 6. The Morgan fingerprint density at radius 1 is 0.633 bits per heavy atom. The number of ether oxygens (including phenoxy) is 3. The van der Waals surface area contributed by atoms with Crippen LogP contribution in [0.3, 0.4) is 0 Å². The number of carbonyl (C=O) groups excluding carboxylic acids is 3. The summed E-state index contributed by atoms with van der Waals surface area (Å²) in [5, 5.41) is 8.95. The van der Waals surface area contributed by atoms with Gasteiger partial charge in [-0.15, -0.1) is 0 Å². The van der Waals surface area contributed by atoms with Gasteiger partial charge in [0.1, 0.15) is 24.7 Å². The molecule has 0 spiro atoms. The number of hydrogen-bond acceptors (Lipinski definition) is 7. The van der Waals surface area contributed by atoms with Crippen LogP contribution in [0.15, 0.2) is 109 Å². The van der Waals surface area contributed by atoms with Gasteiger partial charge in [0.05, 0.1) is 29.4 Å². The lowest BCUT2D eigenvalue weighted by Gasteiger charge is -2.19. The number of aromatic carboxylic acids is 1. The number of ketones is 2. The zero-order valence-corrected chi connectivity index (χ0v) is 31.9. The number of carboxylic acid groups (broad SMARTS) is 1. The van der Waals surface area contributed by atoms with E-state index in [-0.39, 0.29) is 47.5 Å². The maximum atomic E-state index is 13.2. The van der Waals surface area contributed by atoms with E-state index < -0.39 is 35.2 Å². The van der Waals surface area contributed by atoms with Crippen molar-refractivity contribution >= 4 is 29.6 Å². The highest BCUT2D eigenvalue weighted by Crippen LogP contribution is 2.38. The van der Waals surface area contributed by atoms with E-state index in [0.717, 1.165) is 46.9 Å². The Hall–Kier alpha value is -6.70. The summed E-state index contributed by atoms with van der Waals surface area (Å²) in [4.78, 5) is 47.1. The molecule has 0 saturated carbocycles. The van der Waals surface area contributed by atoms with Crippen LogP contribution in [0, 0.1) is 0 Å². The van der Waals surface area contributed by atoms with E-state index in [4.69, 9.17) is 14.6 Å². The molecule has 14 heteroatoms. The molecule has 60 heavy (non-hydrogen) atoms. The highest BCUT2D eigenvalue weighted by atomic mass is 19.4. The normalized spacial score (nSPS) is 14.3. The van der Waals surface area contributed by atoms with Crippen LogP contribution in [0.2, 0.25) is 0 Å². The van der Waals surface area contributed by atoms with E-state index in [9.17, 15) is 45.5 Å². The molecular weight excluding hydrogens is 794 g/mol. The number of methoxy groups -OCH3 is 1. The molecule has 5 aromatic carbocycles. The first-order valence-electron chi connectivity index (χ1n) is 18.6. The predicted molar refractivity (Wildman–Crippen MR) is 207 cm³/mol. The van der Waals surface area contributed by atoms with Crippen molar-refractivity contribution in [2.75, 3.05) is 7.11 Å². The molecule has 2 aliphatic rings. The molecule has 7 rings (SSSR count). The molecule has 0 aliphatic heterocycles. The minimum absolute atomic E-state index is 0.0437. The summed E-state index contributed by atoms with van der Waals surface area (Å²) in [6, 6.07) is 24.8. The van der Waals surface area contributed by atoms with E-state index >= 15 is 0 Å². The lowest BCUT2D eigenvalue weighted by molar-refractivity contribution is -0.143. The molecule has 0 fully saturated rings. The van der Waals surface area contributed by atoms with E-state index in [1.54, 1.807) is 30.3 Å². The first-order chi connectivity index (χ1) is 28.5. The molecule has 8 nitrogen and oxygen atoms in total. The molecule has 1 N–H and O–H groups in total. The third kappa shape index (κ3) is 10.7. The molecule has 310 valence electrons. The van der Waals surface area contributed by atoms with Gasteiger partial charge < -0.3 is 19.3 Å². The third-order valence-electron chi connectivity index (χ3n) is 9.84. The summed E-state index contributed by atoms with van der Waals surface area (Å²) in [6.45, 7) is 0.559. The Morgan fingerprint density at radius 2 is 1.15 bits per heavy atom. The van der Waals surface area contributed by atoms with Crippen LogP contribution in [0.1, 0.15) is 99.6 Å². The number of carboxylic acids is 1. The maximum absolute atomic E-state index is 13.2. The summed E-state index contributed by atoms with van der Waals surface area (Å²) in [7, 11) is 1.36. The standard InChI is InChI=1S/C27H18F6O4.C19H18O4/c28-26(29,30)20-10-16(11-21(13-20)27(31,32)33)9-19-6-5-18-12-22(7-8-23(18)24(19)34)37-14-15-1-3-17(4-2-15)25(35)36;1-22-19(21)14-7-5-13(6-8-14)12-23-16-9-10-17-15(11-16)3-2-4-18(17)20/h1-4,7-13H,5-6,14H2,(H,35,36);5-11H,2-4,12H2,1H3/b19-9+;. The lowest BCUT2D eigenvalue weighted by atomic mass is 9.85. The highest BCUT2D eigenvalue weighted by molar-refractivity contribution is 6.13. The van der Waals surface area contributed by atoms with Gasteiger partial charge in [0.2, 0.25) is 0 Å². The Morgan fingerprint density at radius 3 is 1.67 bits per heavy atom. The van der Waals surface area contributed by atoms with Crippen LogP contribution < -0.4 is 9.47 Å². The monoisotopic (exact) mass is 830 g/mol. The number of benzene rings is 5. The second-order valence-corrected chi connectivity index (χ2v) is 14.0. The van der Waals surface area contributed by atoms with Crippen LogP contribution in [-0.4, -0.2) is 35.7 Å². The smallest absolute Gasteiger partial charge is 0.416 e. The van der Waals surface area contributed by atoms with Crippen molar-refractivity contribution in [3.8, 4) is 11.5 Å². The van der Waals surface area contributed by atoms with Gasteiger partial charge >= 0.3 is 24.3 Å². The largest absolute Gasteiger partial charge is 0.489 e. The van der Waals surface area contributed by atoms with Gasteiger partial charge in [-0.1, -0.05) is 24.3 Å². The Kier molecular flexibility index (Phi) is 12.9. The first kappa shape index (κ1) is 42.9. The minimum Gasteiger partial charge on any atom is -0.489 e. The summed E-state index contributed by atoms with van der Waals surface area (Å²) < 4.78 is 95.1. The number of aryl methyl sites for hydroxylation is 2. The molecule has 0 unspecified atom stereocenters. The Labute approximate surface area is 340 Å². The number of allylic oxidation sites excluding steroid dienone is 1. The van der Waals surface area contributed by atoms with Crippen LogP contribution >= 0.6 is 0 Å². The second kappa shape index (κ2) is 18.1. The molecule has 0 radical (unpaired) electrons. The molecule has 2 aliphatic carbocycles. The molecule has 0 heterocycles. The fourth-order valence-electron chi connectivity index (χ4n) is 6.69. The summed E-state index contributed by atoms with van der Waals surface area (Å²) in [5.74, 6) is -0.449. The van der Waals surface area contributed by atoms with Crippen molar-refractivity contribution in [3.05, 3.63) is 170 Å². The van der Waals surface area contributed by atoms with E-state index in [1.165, 1.54) is 31.4 Å². The topological polar surface area (TPSA) is 116 Å². The predicted octanol–water partition coefficient (Wildman–Crippen LogP) is 10.8. The van der Waals surface area contributed by atoms with E-state index in [1.807, 2.05) is 30.3 Å². The summed E-state index contributed by atoms with van der Waals surface area (Å²) in [5.41, 5.74) is 2.02. The molecule has 0 bridgehead atoms. The van der Waals surface area contributed by atoms with Crippen LogP contribution in [0.5, 0.6) is 11.5 Å². The maximum Gasteiger partial charge on any atom is 0.416 e. The zero-order chi connectivity index (χ0) is 43.2. The van der Waals surface area contributed by atoms with Gasteiger partial charge in [-0.05, 0) is 138 Å². The van der Waals surface area contributed by atoms with Gasteiger partial charge in [-0.25, -0.2) is 9.59 Å². The average Bonchev–Trinajstić information content (AvgIpc) is 3.22. The van der Waals surface area contributed by atoms with Crippen molar-refractivity contribution in [3.63, 3.8) is 0 Å². The van der Waals surface area contributed by atoms with Gasteiger partial charge in [-0.2, -0.15) is 26.3 Å². The van der Waals surface area contributed by atoms with Crippen molar-refractivity contribution < 1.29 is 64.8 Å². The molecule has 0 amide bonds. The van der Waals surface area contributed by atoms with E-state index in [0.29, 0.717) is 54.0 Å². The van der Waals surface area contributed by atoms with Gasteiger partial charge in [0, 0.05) is 23.1 Å². The number of Topliss-reactive ketones (excluding diaryl/α,β-unsaturated/α-hetero) is 2. The Balaban J connectivity index is 0.000000224. The van der Waals surface area contributed by atoms with Crippen molar-refractivity contribution in [1.82, 2.24) is 0 Å². The zero-order valence-electron chi connectivity index (χ0n) is 31.9. The Bertz CT molecular complexity index is 2420. The first-order valence-corrected chi connectivity index (χ1v) is 18.6. The summed E-state index contributed by atoms with van der Waals surface area (Å²) >= 11 is 0.